The number of carbonyl (C=O) groups excluding carboxylic acids is 3. The van der Waals surface area contributed by atoms with Gasteiger partial charge in [-0.1, -0.05) is 0 Å². The minimum atomic E-state index is -1.54. The van der Waals surface area contributed by atoms with Gasteiger partial charge in [0.15, 0.2) is 0 Å². The summed E-state index contributed by atoms with van der Waals surface area (Å²) >= 11 is 0. The van der Waals surface area contributed by atoms with E-state index >= 15 is 0 Å². The number of carboxylic acid groups (broad SMARTS) is 4. The maximum absolute atomic E-state index is 12.2. The fourth-order valence-electron chi connectivity index (χ4n) is 2.79. The van der Waals surface area contributed by atoms with E-state index in [0.29, 0.717) is 9.96 Å². The van der Waals surface area contributed by atoms with Crippen molar-refractivity contribution in [2.45, 2.75) is 12.8 Å². The fourth-order valence-corrected chi connectivity index (χ4v) is 2.79. The van der Waals surface area contributed by atoms with Crippen molar-refractivity contribution in [3.8, 4) is 0 Å². The van der Waals surface area contributed by atoms with E-state index in [0.717, 1.165) is 4.90 Å². The summed E-state index contributed by atoms with van der Waals surface area (Å²) in [7, 11) is 0. The van der Waals surface area contributed by atoms with Crippen molar-refractivity contribution >= 4 is 41.8 Å². The molecule has 3 amide bonds. The smallest absolute Gasteiger partial charge is 0.407 e. The van der Waals surface area contributed by atoms with E-state index in [1.54, 1.807) is 0 Å². The van der Waals surface area contributed by atoms with Crippen molar-refractivity contribution in [3.63, 3.8) is 0 Å². The third-order valence-electron chi connectivity index (χ3n) is 4.28. The van der Waals surface area contributed by atoms with Crippen LogP contribution in [0.4, 0.5) is 4.79 Å². The fraction of sp³-hybridized carbons (Fsp3) is 0.588. The van der Waals surface area contributed by atoms with Crippen molar-refractivity contribution in [2.24, 2.45) is 0 Å². The molecular weight excluding hydrogens is 452 g/mol. The molecule has 1 fully saturated rings. The number of rotatable bonds is 15. The molecule has 33 heavy (non-hydrogen) atoms. The van der Waals surface area contributed by atoms with Crippen LogP contribution in [0.2, 0.25) is 0 Å². The van der Waals surface area contributed by atoms with E-state index in [4.69, 9.17) is 25.3 Å². The molecule has 1 heterocycles. The molecule has 0 bridgehead atoms. The van der Waals surface area contributed by atoms with Gasteiger partial charge in [0.25, 0.3) is 11.8 Å². The van der Waals surface area contributed by atoms with Crippen molar-refractivity contribution < 1.29 is 58.8 Å². The van der Waals surface area contributed by atoms with E-state index < -0.39 is 68.0 Å². The first-order chi connectivity index (χ1) is 15.4. The Balaban J connectivity index is 2.85. The van der Waals surface area contributed by atoms with Crippen LogP contribution in [0.15, 0.2) is 0 Å². The summed E-state index contributed by atoms with van der Waals surface area (Å²) in [6.45, 7) is -3.56. The first-order valence-electron chi connectivity index (χ1n) is 9.53. The van der Waals surface area contributed by atoms with Gasteiger partial charge in [0.2, 0.25) is 0 Å². The van der Waals surface area contributed by atoms with Gasteiger partial charge in [0.05, 0.1) is 19.6 Å². The van der Waals surface area contributed by atoms with Crippen molar-refractivity contribution in [1.29, 1.82) is 0 Å². The van der Waals surface area contributed by atoms with E-state index in [2.05, 4.69) is 0 Å². The SMILES string of the molecule is O=C(O)CN(CCN(CCN(CC(=O)O)C(=O)O)CC(=O)ON1C(=O)CCC1=O)CC(=O)O. The lowest BCUT2D eigenvalue weighted by molar-refractivity contribution is -0.198. The highest BCUT2D eigenvalue weighted by Gasteiger charge is 2.33. The molecule has 16 heteroatoms. The molecule has 0 spiro atoms. The van der Waals surface area contributed by atoms with Crippen LogP contribution in [0.3, 0.4) is 0 Å². The molecule has 0 aromatic rings. The van der Waals surface area contributed by atoms with Crippen LogP contribution in [-0.2, 0) is 33.6 Å². The van der Waals surface area contributed by atoms with Crippen LogP contribution < -0.4 is 0 Å². The summed E-state index contributed by atoms with van der Waals surface area (Å²) in [6.07, 6.45) is -1.79. The average Bonchev–Trinajstić information content (AvgIpc) is 2.99. The second-order valence-electron chi connectivity index (χ2n) is 6.92. The number of amides is 3. The van der Waals surface area contributed by atoms with E-state index in [9.17, 15) is 33.6 Å². The molecule has 0 saturated carbocycles. The van der Waals surface area contributed by atoms with Crippen molar-refractivity contribution in [2.75, 3.05) is 52.4 Å². The number of imide groups is 1. The Labute approximate surface area is 186 Å². The summed E-state index contributed by atoms with van der Waals surface area (Å²) in [5.41, 5.74) is 0. The van der Waals surface area contributed by atoms with Gasteiger partial charge in [-0.2, -0.15) is 0 Å². The van der Waals surface area contributed by atoms with Crippen molar-refractivity contribution in [3.05, 3.63) is 0 Å². The molecule has 0 unspecified atom stereocenters. The highest BCUT2D eigenvalue weighted by molar-refractivity contribution is 6.01. The molecule has 16 nitrogen and oxygen atoms in total. The lowest BCUT2D eigenvalue weighted by Crippen LogP contribution is -2.46. The maximum Gasteiger partial charge on any atom is 0.407 e. The van der Waals surface area contributed by atoms with E-state index in [-0.39, 0.29) is 39.0 Å². The van der Waals surface area contributed by atoms with E-state index in [1.807, 2.05) is 0 Å². The van der Waals surface area contributed by atoms with Gasteiger partial charge in [0, 0.05) is 39.0 Å². The largest absolute Gasteiger partial charge is 0.480 e. The van der Waals surface area contributed by atoms with Crippen LogP contribution in [0.5, 0.6) is 0 Å². The third-order valence-corrected chi connectivity index (χ3v) is 4.28. The monoisotopic (exact) mass is 476 g/mol. The van der Waals surface area contributed by atoms with Gasteiger partial charge in [-0.05, 0) is 0 Å². The predicted octanol–water partition coefficient (Wildman–Crippen LogP) is -2.57. The summed E-state index contributed by atoms with van der Waals surface area (Å²) in [4.78, 5) is 86.9. The summed E-state index contributed by atoms with van der Waals surface area (Å²) in [6, 6.07) is 0. The molecule has 1 aliphatic rings. The van der Waals surface area contributed by atoms with Gasteiger partial charge in [-0.15, -0.1) is 5.06 Å². The van der Waals surface area contributed by atoms with E-state index in [1.165, 1.54) is 4.90 Å². The summed E-state index contributed by atoms with van der Waals surface area (Å²) in [5.74, 6) is -6.50. The molecule has 0 aliphatic carbocycles. The van der Waals surface area contributed by atoms with Gasteiger partial charge >= 0.3 is 30.0 Å². The number of aliphatic carboxylic acids is 3. The molecule has 0 atom stereocenters. The third kappa shape index (κ3) is 10.4. The number of hydrogen-bond acceptors (Lipinski definition) is 10. The molecule has 1 saturated heterocycles. The molecule has 0 aromatic heterocycles. The molecular formula is C17H24N4O12. The van der Waals surface area contributed by atoms with Crippen LogP contribution in [0.1, 0.15) is 12.8 Å². The Bertz CT molecular complexity index is 769. The Morgan fingerprint density at radius 3 is 1.61 bits per heavy atom. The zero-order chi connectivity index (χ0) is 25.1. The normalized spacial score (nSPS) is 13.5. The second kappa shape index (κ2) is 12.9. The Morgan fingerprint density at radius 1 is 0.697 bits per heavy atom. The van der Waals surface area contributed by atoms with Gasteiger partial charge in [-0.25, -0.2) is 9.59 Å². The quantitative estimate of drug-likeness (QED) is 0.178. The van der Waals surface area contributed by atoms with Gasteiger partial charge in [0.1, 0.15) is 6.54 Å². The van der Waals surface area contributed by atoms with Crippen LogP contribution in [0.25, 0.3) is 0 Å². The first-order valence-corrected chi connectivity index (χ1v) is 9.53. The number of hydroxylamine groups is 2. The summed E-state index contributed by atoms with van der Waals surface area (Å²) < 4.78 is 0. The molecule has 1 aliphatic heterocycles. The topological polar surface area (TPSA) is 223 Å². The molecule has 0 aromatic carbocycles. The zero-order valence-corrected chi connectivity index (χ0v) is 17.4. The lowest BCUT2D eigenvalue weighted by Gasteiger charge is -2.27. The molecule has 0 radical (unpaired) electrons. The maximum atomic E-state index is 12.2. The number of hydrogen-bond donors (Lipinski definition) is 4. The van der Waals surface area contributed by atoms with Gasteiger partial charge < -0.3 is 25.3 Å². The Hall–Kier alpha value is -3.79. The Kier molecular flexibility index (Phi) is 10.7. The Morgan fingerprint density at radius 2 is 1.15 bits per heavy atom. The molecule has 1 rings (SSSR count). The van der Waals surface area contributed by atoms with Crippen LogP contribution >= 0.6 is 0 Å². The first kappa shape index (κ1) is 27.2. The highest BCUT2D eigenvalue weighted by atomic mass is 16.7. The minimum absolute atomic E-state index is 0.127. The zero-order valence-electron chi connectivity index (χ0n) is 17.4. The number of nitrogens with zero attached hydrogens (tertiary/aromatic N) is 4. The molecule has 4 N–H and O–H groups in total. The van der Waals surface area contributed by atoms with Crippen molar-refractivity contribution in [1.82, 2.24) is 19.8 Å². The van der Waals surface area contributed by atoms with Crippen LogP contribution in [0, 0.1) is 0 Å². The number of carbonyl (C=O) groups is 7. The predicted molar refractivity (Wildman–Crippen MR) is 103 cm³/mol. The molecule has 184 valence electrons. The number of carboxylic acids is 3. The lowest BCUT2D eigenvalue weighted by atomic mass is 10.3. The highest BCUT2D eigenvalue weighted by Crippen LogP contribution is 2.12. The van der Waals surface area contributed by atoms with Gasteiger partial charge in [-0.3, -0.25) is 38.7 Å². The second-order valence-corrected chi connectivity index (χ2v) is 6.92. The minimum Gasteiger partial charge on any atom is -0.480 e. The summed E-state index contributed by atoms with van der Waals surface area (Å²) in [5, 5.41) is 36.1. The van der Waals surface area contributed by atoms with Crippen LogP contribution in [-0.4, -0.2) is 134 Å². The average molecular weight is 476 g/mol. The standard InChI is InChI=1S/C17H24N4O12/c22-11-1-2-12(23)21(11)33-16(30)10-18(5-6-20(17(31)32)9-15(28)29)3-4-19(7-13(24)25)8-14(26)27/h1-10H2,(H,24,25)(H,26,27)(H,28,29)(H,31,32).